The molecule has 0 unspecified atom stereocenters. The molecule has 45 heavy (non-hydrogen) atoms. The van der Waals surface area contributed by atoms with Gasteiger partial charge >= 0.3 is 11.7 Å². The number of anilines is 1. The van der Waals surface area contributed by atoms with Crippen LogP contribution < -0.4 is 21.9 Å². The fourth-order valence-corrected chi connectivity index (χ4v) is 5.05. The van der Waals surface area contributed by atoms with E-state index in [1.54, 1.807) is 30.3 Å². The van der Waals surface area contributed by atoms with Crippen molar-refractivity contribution in [2.75, 3.05) is 19.0 Å². The highest BCUT2D eigenvalue weighted by molar-refractivity contribution is 6.02. The zero-order valence-corrected chi connectivity index (χ0v) is 24.9. The molecule has 10 nitrogen and oxygen atoms in total. The Bertz CT molecular complexity index is 2000. The quantitative estimate of drug-likeness (QED) is 0.231. The molecule has 0 aliphatic carbocycles. The van der Waals surface area contributed by atoms with Crippen molar-refractivity contribution in [1.82, 2.24) is 14.5 Å². The zero-order valence-electron chi connectivity index (χ0n) is 24.9. The number of para-hydroxylation sites is 1. The van der Waals surface area contributed by atoms with E-state index in [1.807, 2.05) is 49.4 Å². The van der Waals surface area contributed by atoms with E-state index >= 15 is 0 Å². The van der Waals surface area contributed by atoms with E-state index in [-0.39, 0.29) is 33.6 Å². The van der Waals surface area contributed by atoms with Gasteiger partial charge in [-0.25, -0.2) is 14.2 Å². The molecule has 1 heterocycles. The van der Waals surface area contributed by atoms with E-state index in [4.69, 9.17) is 4.74 Å². The molecule has 2 amide bonds. The zero-order chi connectivity index (χ0) is 31.9. The van der Waals surface area contributed by atoms with E-state index in [2.05, 4.69) is 10.6 Å². The first-order valence-corrected chi connectivity index (χ1v) is 14.5. The van der Waals surface area contributed by atoms with Crippen molar-refractivity contribution in [1.29, 1.82) is 0 Å². The van der Waals surface area contributed by atoms with Crippen LogP contribution in [0.4, 0.5) is 5.69 Å². The van der Waals surface area contributed by atoms with Crippen LogP contribution in [0.2, 0.25) is 0 Å². The molecule has 0 saturated heterocycles. The molecule has 0 atom stereocenters. The Morgan fingerprint density at radius 3 is 2.24 bits per heavy atom. The van der Waals surface area contributed by atoms with Crippen molar-refractivity contribution in [3.63, 3.8) is 0 Å². The lowest BCUT2D eigenvalue weighted by Crippen LogP contribution is -2.41. The van der Waals surface area contributed by atoms with Crippen LogP contribution in [0.15, 0.2) is 107 Å². The molecule has 5 rings (SSSR count). The molecule has 0 aliphatic heterocycles. The Morgan fingerprint density at radius 1 is 0.822 bits per heavy atom. The summed E-state index contributed by atoms with van der Waals surface area (Å²) in [5.74, 6) is -1.65. The SMILES string of the molecule is CCc1ccc(-n2c(=O)c3ccc(C(=O)NCCc4ccccc4)cc3n(CC(=O)Nc3ccccc3C(=O)OC)c2=O)cc1. The average Bonchev–Trinajstić information content (AvgIpc) is 3.07. The highest BCUT2D eigenvalue weighted by Gasteiger charge is 2.20. The largest absolute Gasteiger partial charge is 0.465 e. The lowest BCUT2D eigenvalue weighted by molar-refractivity contribution is -0.116. The van der Waals surface area contributed by atoms with Crippen molar-refractivity contribution in [2.24, 2.45) is 0 Å². The number of rotatable bonds is 10. The van der Waals surface area contributed by atoms with Gasteiger partial charge in [-0.3, -0.25) is 19.0 Å². The number of ether oxygens (including phenoxy) is 1. The van der Waals surface area contributed by atoms with Crippen LogP contribution in [0.3, 0.4) is 0 Å². The third-order valence-electron chi connectivity index (χ3n) is 7.46. The molecule has 0 fully saturated rings. The van der Waals surface area contributed by atoms with Gasteiger partial charge in [0, 0.05) is 12.1 Å². The van der Waals surface area contributed by atoms with E-state index in [0.717, 1.165) is 26.7 Å². The summed E-state index contributed by atoms with van der Waals surface area (Å²) in [4.78, 5) is 66.3. The Kier molecular flexibility index (Phi) is 9.33. The number of methoxy groups -OCH3 is 1. The normalized spacial score (nSPS) is 10.8. The molecule has 0 radical (unpaired) electrons. The van der Waals surface area contributed by atoms with E-state index in [9.17, 15) is 24.0 Å². The van der Waals surface area contributed by atoms with Crippen molar-refractivity contribution in [3.8, 4) is 5.69 Å². The number of esters is 1. The van der Waals surface area contributed by atoms with Gasteiger partial charge < -0.3 is 15.4 Å². The summed E-state index contributed by atoms with van der Waals surface area (Å²) >= 11 is 0. The van der Waals surface area contributed by atoms with Crippen molar-refractivity contribution < 1.29 is 19.1 Å². The minimum absolute atomic E-state index is 0.124. The van der Waals surface area contributed by atoms with Crippen molar-refractivity contribution in [3.05, 3.63) is 140 Å². The van der Waals surface area contributed by atoms with Gasteiger partial charge in [-0.05, 0) is 66.4 Å². The number of aromatic nitrogens is 2. The Balaban J connectivity index is 1.54. The number of amides is 2. The van der Waals surface area contributed by atoms with Gasteiger partial charge in [0.05, 0.1) is 35.0 Å². The summed E-state index contributed by atoms with van der Waals surface area (Å²) in [7, 11) is 1.23. The van der Waals surface area contributed by atoms with Crippen LogP contribution in [0, 0.1) is 0 Å². The monoisotopic (exact) mass is 604 g/mol. The Hall–Kier alpha value is -5.77. The number of fused-ring (bicyclic) bond motifs is 1. The van der Waals surface area contributed by atoms with Crippen LogP contribution >= 0.6 is 0 Å². The third-order valence-corrected chi connectivity index (χ3v) is 7.46. The Labute approximate surface area is 258 Å². The van der Waals surface area contributed by atoms with Gasteiger partial charge in [0.15, 0.2) is 0 Å². The van der Waals surface area contributed by atoms with Gasteiger partial charge in [-0.15, -0.1) is 0 Å². The van der Waals surface area contributed by atoms with Gasteiger partial charge in [0.1, 0.15) is 6.54 Å². The van der Waals surface area contributed by atoms with Gasteiger partial charge in [0.2, 0.25) is 5.91 Å². The predicted molar refractivity (Wildman–Crippen MR) is 172 cm³/mol. The van der Waals surface area contributed by atoms with Crippen molar-refractivity contribution in [2.45, 2.75) is 26.3 Å². The van der Waals surface area contributed by atoms with Crippen LogP contribution in [0.5, 0.6) is 0 Å². The number of aryl methyl sites for hydroxylation is 1. The smallest absolute Gasteiger partial charge is 0.339 e. The average molecular weight is 605 g/mol. The molecule has 0 saturated carbocycles. The molecular formula is C35H32N4O6. The van der Waals surface area contributed by atoms with E-state index < -0.39 is 29.7 Å². The summed E-state index contributed by atoms with van der Waals surface area (Å²) in [6.45, 7) is 1.87. The van der Waals surface area contributed by atoms with E-state index in [1.165, 1.54) is 31.4 Å². The lowest BCUT2D eigenvalue weighted by atomic mass is 10.1. The predicted octanol–water partition coefficient (Wildman–Crippen LogP) is 4.11. The number of carbonyl (C=O) groups excluding carboxylic acids is 3. The topological polar surface area (TPSA) is 128 Å². The van der Waals surface area contributed by atoms with Crippen LogP contribution in [-0.2, 0) is 28.9 Å². The maximum Gasteiger partial charge on any atom is 0.339 e. The number of hydrogen-bond donors (Lipinski definition) is 2. The van der Waals surface area contributed by atoms with Crippen LogP contribution in [0.1, 0.15) is 38.8 Å². The first-order valence-electron chi connectivity index (χ1n) is 14.5. The molecule has 0 bridgehead atoms. The second kappa shape index (κ2) is 13.7. The summed E-state index contributed by atoms with van der Waals surface area (Å²) < 4.78 is 6.98. The Morgan fingerprint density at radius 2 is 1.53 bits per heavy atom. The molecule has 1 aromatic heterocycles. The van der Waals surface area contributed by atoms with Gasteiger partial charge in [-0.1, -0.05) is 61.5 Å². The van der Waals surface area contributed by atoms with E-state index in [0.29, 0.717) is 18.7 Å². The molecule has 228 valence electrons. The summed E-state index contributed by atoms with van der Waals surface area (Å²) in [6, 6.07) is 27.5. The lowest BCUT2D eigenvalue weighted by Gasteiger charge is -2.16. The molecule has 2 N–H and O–H groups in total. The first kappa shape index (κ1) is 30.7. The molecular weight excluding hydrogens is 572 g/mol. The molecule has 0 aliphatic rings. The number of nitrogens with zero attached hydrogens (tertiary/aromatic N) is 2. The first-order chi connectivity index (χ1) is 21.8. The fraction of sp³-hybridized carbons (Fsp3) is 0.171. The molecule has 0 spiro atoms. The third kappa shape index (κ3) is 6.75. The molecule has 10 heteroatoms. The second-order valence-corrected chi connectivity index (χ2v) is 10.3. The summed E-state index contributed by atoms with van der Waals surface area (Å²) in [5.41, 5.74) is 1.80. The highest BCUT2D eigenvalue weighted by atomic mass is 16.5. The minimum atomic E-state index is -0.755. The number of hydrogen-bond acceptors (Lipinski definition) is 6. The second-order valence-electron chi connectivity index (χ2n) is 10.3. The van der Waals surface area contributed by atoms with Gasteiger partial charge in [-0.2, -0.15) is 0 Å². The molecule has 5 aromatic rings. The standard InChI is InChI=1S/C35H32N4O6/c1-3-23-13-16-26(17-14-23)39-33(42)28-18-15-25(32(41)36-20-19-24-9-5-4-6-10-24)21-30(28)38(35(39)44)22-31(40)37-29-12-8-7-11-27(29)34(43)45-2/h4-18,21H,3,19-20,22H2,1-2H3,(H,36,41)(H,37,40). The fourth-order valence-electron chi connectivity index (χ4n) is 5.05. The number of carbonyl (C=O) groups is 3. The van der Waals surface area contributed by atoms with Crippen LogP contribution in [0.25, 0.3) is 16.6 Å². The van der Waals surface area contributed by atoms with Crippen molar-refractivity contribution >= 4 is 34.4 Å². The maximum absolute atomic E-state index is 13.9. The number of nitrogens with one attached hydrogen (secondary N) is 2. The van der Waals surface area contributed by atoms with Gasteiger partial charge in [0.25, 0.3) is 11.5 Å². The minimum Gasteiger partial charge on any atom is -0.465 e. The molecule has 4 aromatic carbocycles. The number of benzene rings is 4. The van der Waals surface area contributed by atoms with Crippen LogP contribution in [-0.4, -0.2) is 40.6 Å². The summed E-state index contributed by atoms with van der Waals surface area (Å²) in [6.07, 6.45) is 1.40. The maximum atomic E-state index is 13.9. The highest BCUT2D eigenvalue weighted by Crippen LogP contribution is 2.18. The summed E-state index contributed by atoms with van der Waals surface area (Å²) in [5, 5.41) is 5.69.